The Labute approximate surface area is 246 Å². The van der Waals surface area contributed by atoms with Crippen LogP contribution in [-0.2, 0) is 32.6 Å². The number of nitrogens with one attached hydrogen (secondary N) is 1. The number of sulfonamides is 1. The second-order valence-electron chi connectivity index (χ2n) is 9.76. The Morgan fingerprint density at radius 1 is 1.02 bits per heavy atom. The molecule has 3 rings (SSSR count). The largest absolute Gasteiger partial charge is 0.495 e. The zero-order valence-corrected chi connectivity index (χ0v) is 25.1. The third kappa shape index (κ3) is 8.93. The van der Waals surface area contributed by atoms with E-state index in [1.165, 1.54) is 48.4 Å². The van der Waals surface area contributed by atoms with Gasteiger partial charge in [-0.3, -0.25) is 13.9 Å². The number of hydrogen-bond donors (Lipinski definition) is 1. The summed E-state index contributed by atoms with van der Waals surface area (Å²) in [6.45, 7) is 3.11. The van der Waals surface area contributed by atoms with E-state index >= 15 is 0 Å². The van der Waals surface area contributed by atoms with Crippen molar-refractivity contribution in [2.24, 2.45) is 0 Å². The van der Waals surface area contributed by atoms with E-state index in [4.69, 9.17) is 16.3 Å². The van der Waals surface area contributed by atoms with E-state index in [2.05, 4.69) is 5.32 Å². The highest BCUT2D eigenvalue weighted by atomic mass is 35.5. The van der Waals surface area contributed by atoms with Crippen LogP contribution in [0.2, 0.25) is 5.02 Å². The maximum absolute atomic E-state index is 14.1. The molecule has 3 aromatic carbocycles. The molecule has 0 saturated heterocycles. The fourth-order valence-electron chi connectivity index (χ4n) is 4.23. The van der Waals surface area contributed by atoms with Gasteiger partial charge in [0.05, 0.1) is 19.1 Å². The molecule has 220 valence electrons. The van der Waals surface area contributed by atoms with Gasteiger partial charge in [-0.2, -0.15) is 0 Å². The maximum atomic E-state index is 14.1. The van der Waals surface area contributed by atoms with Crippen LogP contribution >= 0.6 is 11.6 Å². The van der Waals surface area contributed by atoms with E-state index in [1.807, 2.05) is 44.2 Å². The van der Waals surface area contributed by atoms with Gasteiger partial charge < -0.3 is 15.0 Å². The Hall–Kier alpha value is -3.63. The van der Waals surface area contributed by atoms with E-state index in [9.17, 15) is 22.4 Å². The number of hydrogen-bond acceptors (Lipinski definition) is 5. The Bertz CT molecular complexity index is 1440. The fourth-order valence-corrected chi connectivity index (χ4v) is 5.25. The first-order valence-electron chi connectivity index (χ1n) is 13.1. The van der Waals surface area contributed by atoms with E-state index < -0.39 is 34.3 Å². The van der Waals surface area contributed by atoms with Crippen molar-refractivity contribution >= 4 is 39.1 Å². The van der Waals surface area contributed by atoms with Crippen LogP contribution in [0.5, 0.6) is 5.75 Å². The summed E-state index contributed by atoms with van der Waals surface area (Å²) in [5.41, 5.74) is 1.46. The van der Waals surface area contributed by atoms with Crippen molar-refractivity contribution in [3.63, 3.8) is 0 Å². The van der Waals surface area contributed by atoms with Gasteiger partial charge in [0.15, 0.2) is 0 Å². The fraction of sp³-hybridized carbons (Fsp3) is 0.333. The lowest BCUT2D eigenvalue weighted by Crippen LogP contribution is -2.54. The Balaban J connectivity index is 2.10. The molecule has 0 fully saturated rings. The lowest BCUT2D eigenvalue weighted by Gasteiger charge is -2.34. The third-order valence-corrected chi connectivity index (χ3v) is 7.99. The number of rotatable bonds is 13. The maximum Gasteiger partial charge on any atom is 0.244 e. The standard InChI is InChI=1S/C30H35ClFN3O5S/c1-5-21(2)33-30(37)27(17-22-9-7-6-8-10-22)34(19-23-11-14-25(32)15-12-23)29(36)20-35(41(4,38)39)26-18-24(31)13-16-28(26)40-3/h6-16,18,21,27H,5,17,19-20H2,1-4H3,(H,33,37)/t21-,27-/m1/s1. The molecule has 0 aliphatic rings. The van der Waals surface area contributed by atoms with E-state index in [-0.39, 0.29) is 41.4 Å². The number of halogens is 2. The molecule has 0 aliphatic heterocycles. The molecule has 11 heteroatoms. The molecular weight excluding hydrogens is 569 g/mol. The summed E-state index contributed by atoms with van der Waals surface area (Å²) in [7, 11) is -2.63. The van der Waals surface area contributed by atoms with Crippen LogP contribution in [0.15, 0.2) is 72.8 Å². The lowest BCUT2D eigenvalue weighted by molar-refractivity contribution is -0.140. The highest BCUT2D eigenvalue weighted by molar-refractivity contribution is 7.92. The predicted molar refractivity (Wildman–Crippen MR) is 159 cm³/mol. The molecule has 0 bridgehead atoms. The minimum atomic E-state index is -4.01. The van der Waals surface area contributed by atoms with E-state index in [0.29, 0.717) is 12.0 Å². The molecule has 0 heterocycles. The van der Waals surface area contributed by atoms with Gasteiger partial charge in [0.25, 0.3) is 0 Å². The SMILES string of the molecule is CC[C@@H](C)NC(=O)[C@@H](Cc1ccccc1)N(Cc1ccc(F)cc1)C(=O)CN(c1cc(Cl)ccc1OC)S(C)(=O)=O. The van der Waals surface area contributed by atoms with Gasteiger partial charge in [-0.05, 0) is 54.8 Å². The molecule has 2 atom stereocenters. The van der Waals surface area contributed by atoms with Crippen LogP contribution in [0.3, 0.4) is 0 Å². The van der Waals surface area contributed by atoms with Gasteiger partial charge in [0, 0.05) is 24.0 Å². The molecule has 0 unspecified atom stereocenters. The zero-order chi connectivity index (χ0) is 30.2. The number of methoxy groups -OCH3 is 1. The number of carbonyl (C=O) groups excluding carboxylic acids is 2. The van der Waals surface area contributed by atoms with Crippen LogP contribution in [0, 0.1) is 5.82 Å². The van der Waals surface area contributed by atoms with Crippen molar-refractivity contribution < 1.29 is 27.1 Å². The zero-order valence-electron chi connectivity index (χ0n) is 23.5. The van der Waals surface area contributed by atoms with Crippen LogP contribution in [0.1, 0.15) is 31.4 Å². The molecule has 41 heavy (non-hydrogen) atoms. The summed E-state index contributed by atoms with van der Waals surface area (Å²) in [5, 5.41) is 3.21. The molecule has 0 radical (unpaired) electrons. The quantitative estimate of drug-likeness (QED) is 0.303. The average Bonchev–Trinajstić information content (AvgIpc) is 2.94. The molecule has 0 aliphatic carbocycles. The number of ether oxygens (including phenoxy) is 1. The van der Waals surface area contributed by atoms with Crippen LogP contribution in [0.4, 0.5) is 10.1 Å². The van der Waals surface area contributed by atoms with E-state index in [0.717, 1.165) is 16.1 Å². The van der Waals surface area contributed by atoms with Crippen molar-refractivity contribution in [3.8, 4) is 5.75 Å². The van der Waals surface area contributed by atoms with Crippen LogP contribution in [-0.4, -0.2) is 57.1 Å². The van der Waals surface area contributed by atoms with E-state index in [1.54, 1.807) is 6.07 Å². The Morgan fingerprint density at radius 3 is 2.27 bits per heavy atom. The van der Waals surface area contributed by atoms with Gasteiger partial charge in [-0.25, -0.2) is 12.8 Å². The summed E-state index contributed by atoms with van der Waals surface area (Å²) < 4.78 is 45.9. The van der Waals surface area contributed by atoms with Gasteiger partial charge in [0.2, 0.25) is 21.8 Å². The first-order valence-corrected chi connectivity index (χ1v) is 15.3. The van der Waals surface area contributed by atoms with Crippen LogP contribution in [0.25, 0.3) is 0 Å². The molecule has 0 spiro atoms. The Morgan fingerprint density at radius 2 is 1.68 bits per heavy atom. The predicted octanol–water partition coefficient (Wildman–Crippen LogP) is 4.81. The minimum Gasteiger partial charge on any atom is -0.495 e. The minimum absolute atomic E-state index is 0.0607. The average molecular weight is 604 g/mol. The molecule has 8 nitrogen and oxygen atoms in total. The number of amides is 2. The topological polar surface area (TPSA) is 96.0 Å². The van der Waals surface area contributed by atoms with Crippen molar-refractivity contribution in [1.82, 2.24) is 10.2 Å². The second kappa shape index (κ2) is 14.3. The van der Waals surface area contributed by atoms with Crippen molar-refractivity contribution in [3.05, 3.63) is 94.8 Å². The smallest absolute Gasteiger partial charge is 0.244 e. The highest BCUT2D eigenvalue weighted by Crippen LogP contribution is 2.33. The summed E-state index contributed by atoms with van der Waals surface area (Å²) in [4.78, 5) is 29.1. The number of nitrogens with zero attached hydrogens (tertiary/aromatic N) is 2. The molecule has 1 N–H and O–H groups in total. The van der Waals surface area contributed by atoms with Gasteiger partial charge in [-0.15, -0.1) is 0 Å². The second-order valence-corrected chi connectivity index (χ2v) is 12.1. The van der Waals surface area contributed by atoms with Gasteiger partial charge in [0.1, 0.15) is 24.2 Å². The lowest BCUT2D eigenvalue weighted by atomic mass is 10.0. The summed E-state index contributed by atoms with van der Waals surface area (Å²) >= 11 is 6.18. The first-order chi connectivity index (χ1) is 19.4. The summed E-state index contributed by atoms with van der Waals surface area (Å²) in [6, 6.07) is 18.1. The van der Waals surface area contributed by atoms with Crippen molar-refractivity contribution in [2.45, 2.75) is 45.3 Å². The number of carbonyl (C=O) groups is 2. The molecule has 0 aromatic heterocycles. The van der Waals surface area contributed by atoms with Crippen molar-refractivity contribution in [2.75, 3.05) is 24.2 Å². The van der Waals surface area contributed by atoms with Gasteiger partial charge >= 0.3 is 0 Å². The third-order valence-electron chi connectivity index (χ3n) is 6.63. The number of anilines is 1. The molecule has 2 amide bonds. The summed E-state index contributed by atoms with van der Waals surface area (Å²) in [5.74, 6) is -1.27. The van der Waals surface area contributed by atoms with Crippen molar-refractivity contribution in [1.29, 1.82) is 0 Å². The molecule has 0 saturated carbocycles. The monoisotopic (exact) mass is 603 g/mol. The molecule has 3 aromatic rings. The Kier molecular flexibility index (Phi) is 11.1. The van der Waals surface area contributed by atoms with Gasteiger partial charge in [-0.1, -0.05) is 61.0 Å². The highest BCUT2D eigenvalue weighted by Gasteiger charge is 2.34. The normalized spacial score (nSPS) is 12.7. The summed E-state index contributed by atoms with van der Waals surface area (Å²) in [6.07, 6.45) is 1.82. The number of benzene rings is 3. The van der Waals surface area contributed by atoms with Crippen LogP contribution < -0.4 is 14.4 Å². The molecular formula is C30H35ClFN3O5S. The first kappa shape index (κ1) is 31.9.